The van der Waals surface area contributed by atoms with Crippen LogP contribution in [-0.4, -0.2) is 70.9 Å². The van der Waals surface area contributed by atoms with Crippen molar-refractivity contribution in [1.82, 2.24) is 16.0 Å². The van der Waals surface area contributed by atoms with Gasteiger partial charge in [-0.25, -0.2) is 0 Å². The van der Waals surface area contributed by atoms with Crippen molar-refractivity contribution in [3.05, 3.63) is 0 Å². The Labute approximate surface area is 132 Å². The maximum Gasteiger partial charge on any atom is 0.322 e. The second kappa shape index (κ2) is 9.97. The lowest BCUT2D eigenvalue weighted by Gasteiger charge is -2.20. The molecule has 0 aliphatic heterocycles. The third-order valence-electron chi connectivity index (χ3n) is 2.45. The SMILES string of the molecule is CC(O)C(NC(=O)CNC(=O)C(N)CS)C(=O)NCC(=O)O. The number of carboxylic acids is 1. The number of aliphatic hydroxyl groups is 1. The van der Waals surface area contributed by atoms with E-state index in [0.29, 0.717) is 0 Å². The van der Waals surface area contributed by atoms with Crippen LogP contribution in [-0.2, 0) is 19.2 Å². The van der Waals surface area contributed by atoms with Crippen molar-refractivity contribution < 1.29 is 29.4 Å². The average molecular weight is 336 g/mol. The molecule has 3 unspecified atom stereocenters. The Kier molecular flexibility index (Phi) is 9.13. The zero-order valence-electron chi connectivity index (χ0n) is 11.9. The summed E-state index contributed by atoms with van der Waals surface area (Å²) in [4.78, 5) is 45.0. The molecule has 0 bridgehead atoms. The molecule has 0 rings (SSSR count). The number of aliphatic carboxylic acids is 1. The number of rotatable bonds is 9. The van der Waals surface area contributed by atoms with Gasteiger partial charge in [0.25, 0.3) is 0 Å². The molecule has 0 fully saturated rings. The van der Waals surface area contributed by atoms with Crippen LogP contribution in [0.15, 0.2) is 0 Å². The molecule has 0 aromatic heterocycles. The molecular formula is C11H20N4O6S. The minimum atomic E-state index is -1.35. The molecule has 126 valence electrons. The summed E-state index contributed by atoms with van der Waals surface area (Å²) < 4.78 is 0. The summed E-state index contributed by atoms with van der Waals surface area (Å²) in [6.07, 6.45) is -1.26. The lowest BCUT2D eigenvalue weighted by atomic mass is 10.1. The maximum absolute atomic E-state index is 11.7. The van der Waals surface area contributed by atoms with Crippen molar-refractivity contribution in [2.24, 2.45) is 5.73 Å². The van der Waals surface area contributed by atoms with Gasteiger partial charge in [0.1, 0.15) is 12.6 Å². The van der Waals surface area contributed by atoms with Crippen LogP contribution in [0.5, 0.6) is 0 Å². The Bertz CT molecular complexity index is 431. The first-order valence-electron chi connectivity index (χ1n) is 6.30. The van der Waals surface area contributed by atoms with Gasteiger partial charge in [0.15, 0.2) is 0 Å². The zero-order valence-corrected chi connectivity index (χ0v) is 12.8. The number of carboxylic acid groups (broad SMARTS) is 1. The maximum atomic E-state index is 11.7. The van der Waals surface area contributed by atoms with Gasteiger partial charge in [-0.15, -0.1) is 0 Å². The van der Waals surface area contributed by atoms with Crippen LogP contribution in [0.1, 0.15) is 6.92 Å². The predicted octanol–water partition coefficient (Wildman–Crippen LogP) is -3.57. The largest absolute Gasteiger partial charge is 0.480 e. The molecule has 0 heterocycles. The molecule has 22 heavy (non-hydrogen) atoms. The van der Waals surface area contributed by atoms with Gasteiger partial charge >= 0.3 is 5.97 Å². The molecule has 7 N–H and O–H groups in total. The number of hydrogen-bond donors (Lipinski definition) is 7. The van der Waals surface area contributed by atoms with E-state index >= 15 is 0 Å². The van der Waals surface area contributed by atoms with Gasteiger partial charge in [-0.1, -0.05) is 0 Å². The highest BCUT2D eigenvalue weighted by molar-refractivity contribution is 7.80. The third-order valence-corrected chi connectivity index (χ3v) is 2.85. The minimum absolute atomic E-state index is 0.0986. The number of carbonyl (C=O) groups is 4. The van der Waals surface area contributed by atoms with Crippen LogP contribution >= 0.6 is 12.6 Å². The fourth-order valence-corrected chi connectivity index (χ4v) is 1.45. The Morgan fingerprint density at radius 2 is 1.68 bits per heavy atom. The highest BCUT2D eigenvalue weighted by Gasteiger charge is 2.26. The summed E-state index contributed by atoms with van der Waals surface area (Å²) in [6, 6.07) is -2.22. The highest BCUT2D eigenvalue weighted by atomic mass is 32.1. The van der Waals surface area contributed by atoms with Gasteiger partial charge in [0, 0.05) is 5.75 Å². The summed E-state index contributed by atoms with van der Waals surface area (Å²) >= 11 is 3.83. The highest BCUT2D eigenvalue weighted by Crippen LogP contribution is 1.93. The number of hydrogen-bond acceptors (Lipinski definition) is 7. The van der Waals surface area contributed by atoms with Gasteiger partial charge in [0.2, 0.25) is 17.7 Å². The molecule has 0 aliphatic rings. The number of carbonyl (C=O) groups excluding carboxylic acids is 3. The van der Waals surface area contributed by atoms with E-state index in [1.807, 2.05) is 5.32 Å². The monoisotopic (exact) mass is 336 g/mol. The fraction of sp³-hybridized carbons (Fsp3) is 0.636. The van der Waals surface area contributed by atoms with E-state index in [-0.39, 0.29) is 5.75 Å². The normalized spacial score (nSPS) is 14.4. The molecular weight excluding hydrogens is 316 g/mol. The Balaban J connectivity index is 4.44. The summed E-state index contributed by atoms with van der Waals surface area (Å²) in [5, 5.41) is 24.4. The van der Waals surface area contributed by atoms with Gasteiger partial charge in [-0.2, -0.15) is 12.6 Å². The van der Waals surface area contributed by atoms with Crippen LogP contribution in [0, 0.1) is 0 Å². The number of nitrogens with two attached hydrogens (primary N) is 1. The summed E-state index contributed by atoms with van der Waals surface area (Å²) in [5.74, 6) is -3.35. The van der Waals surface area contributed by atoms with Gasteiger partial charge in [0.05, 0.1) is 18.7 Å². The molecule has 0 radical (unpaired) electrons. The second-order valence-corrected chi connectivity index (χ2v) is 4.77. The molecule has 0 spiro atoms. The fourth-order valence-electron chi connectivity index (χ4n) is 1.28. The first-order chi connectivity index (χ1) is 10.2. The first-order valence-corrected chi connectivity index (χ1v) is 6.93. The Morgan fingerprint density at radius 3 is 2.14 bits per heavy atom. The second-order valence-electron chi connectivity index (χ2n) is 4.40. The zero-order chi connectivity index (χ0) is 17.3. The van der Waals surface area contributed by atoms with E-state index in [1.165, 1.54) is 6.92 Å². The van der Waals surface area contributed by atoms with Crippen LogP contribution in [0.4, 0.5) is 0 Å². The van der Waals surface area contributed by atoms with Crippen LogP contribution in [0.25, 0.3) is 0 Å². The molecule has 0 aromatic carbocycles. The van der Waals surface area contributed by atoms with E-state index in [9.17, 15) is 24.3 Å². The van der Waals surface area contributed by atoms with E-state index < -0.39 is 55.0 Å². The van der Waals surface area contributed by atoms with Gasteiger partial charge < -0.3 is 31.9 Å². The Morgan fingerprint density at radius 1 is 1.14 bits per heavy atom. The molecule has 11 heteroatoms. The van der Waals surface area contributed by atoms with Crippen molar-refractivity contribution in [3.63, 3.8) is 0 Å². The van der Waals surface area contributed by atoms with Crippen LogP contribution in [0.3, 0.4) is 0 Å². The molecule has 3 atom stereocenters. The van der Waals surface area contributed by atoms with Crippen LogP contribution in [0.2, 0.25) is 0 Å². The van der Waals surface area contributed by atoms with E-state index in [0.717, 1.165) is 0 Å². The van der Waals surface area contributed by atoms with Crippen LogP contribution < -0.4 is 21.7 Å². The number of amides is 3. The van der Waals surface area contributed by atoms with Crippen molar-refractivity contribution in [3.8, 4) is 0 Å². The first kappa shape index (κ1) is 20.1. The van der Waals surface area contributed by atoms with Crippen molar-refractivity contribution >= 4 is 36.3 Å². The van der Waals surface area contributed by atoms with E-state index in [2.05, 4.69) is 23.3 Å². The van der Waals surface area contributed by atoms with E-state index in [4.69, 9.17) is 10.8 Å². The average Bonchev–Trinajstić information content (AvgIpc) is 2.46. The lowest BCUT2D eigenvalue weighted by Crippen LogP contribution is -2.55. The summed E-state index contributed by atoms with van der Waals surface area (Å²) in [6.45, 7) is 0.155. The molecule has 0 saturated carbocycles. The summed E-state index contributed by atoms with van der Waals surface area (Å²) in [7, 11) is 0. The predicted molar refractivity (Wildman–Crippen MR) is 79.1 cm³/mol. The molecule has 3 amide bonds. The van der Waals surface area contributed by atoms with Crippen molar-refractivity contribution in [1.29, 1.82) is 0 Å². The Hall–Kier alpha value is -1.85. The van der Waals surface area contributed by atoms with Crippen molar-refractivity contribution in [2.45, 2.75) is 25.1 Å². The smallest absolute Gasteiger partial charge is 0.322 e. The van der Waals surface area contributed by atoms with Gasteiger partial charge in [-0.05, 0) is 6.92 Å². The quantitative estimate of drug-likeness (QED) is 0.213. The molecule has 0 aliphatic carbocycles. The molecule has 10 nitrogen and oxygen atoms in total. The summed E-state index contributed by atoms with van der Waals surface area (Å²) in [5.41, 5.74) is 5.39. The van der Waals surface area contributed by atoms with Gasteiger partial charge in [-0.3, -0.25) is 19.2 Å². The molecule has 0 aromatic rings. The van der Waals surface area contributed by atoms with E-state index in [1.54, 1.807) is 0 Å². The number of nitrogens with one attached hydrogen (secondary N) is 3. The lowest BCUT2D eigenvalue weighted by molar-refractivity contribution is -0.139. The molecule has 0 saturated heterocycles. The number of thiol groups is 1. The third kappa shape index (κ3) is 7.81. The standard InChI is InChI=1S/C11H20N4O6S/c1-5(16)9(11(21)14-3-8(18)19)15-7(17)2-13-10(20)6(12)4-22/h5-6,9,16,22H,2-4,12H2,1H3,(H,13,20)(H,14,21)(H,15,17)(H,18,19). The number of aliphatic hydroxyl groups excluding tert-OH is 1. The minimum Gasteiger partial charge on any atom is -0.480 e. The topological polar surface area (TPSA) is 171 Å². The van der Waals surface area contributed by atoms with Crippen molar-refractivity contribution in [2.75, 3.05) is 18.8 Å².